The zero-order valence-electron chi connectivity index (χ0n) is 16.7. The van der Waals surface area contributed by atoms with E-state index in [1.165, 1.54) is 0 Å². The SMILES string of the molecule is Nc1nc(N)c(C(=O)/N=C2\NC[C@@H](CCCNC(=O)NCc3ccccc3)N2)nc1Cl. The molecule has 0 bridgehead atoms. The van der Waals surface area contributed by atoms with E-state index in [1.807, 2.05) is 30.3 Å². The molecule has 31 heavy (non-hydrogen) atoms. The van der Waals surface area contributed by atoms with Crippen LogP contribution < -0.4 is 32.7 Å². The predicted molar refractivity (Wildman–Crippen MR) is 118 cm³/mol. The molecule has 12 heteroatoms. The van der Waals surface area contributed by atoms with Crippen LogP contribution in [-0.4, -0.2) is 47.0 Å². The van der Waals surface area contributed by atoms with Crippen molar-refractivity contribution >= 4 is 41.1 Å². The van der Waals surface area contributed by atoms with E-state index in [4.69, 9.17) is 23.1 Å². The van der Waals surface area contributed by atoms with Gasteiger partial charge in [-0.15, -0.1) is 0 Å². The van der Waals surface area contributed by atoms with E-state index >= 15 is 0 Å². The minimum absolute atomic E-state index is 0.0529. The average molecular weight is 446 g/mol. The minimum atomic E-state index is -0.681. The molecular weight excluding hydrogens is 422 g/mol. The fourth-order valence-electron chi connectivity index (χ4n) is 2.91. The number of amides is 3. The van der Waals surface area contributed by atoms with Gasteiger partial charge in [0.25, 0.3) is 0 Å². The number of nitrogen functional groups attached to an aromatic ring is 2. The Morgan fingerprint density at radius 1 is 1.16 bits per heavy atom. The van der Waals surface area contributed by atoms with Gasteiger partial charge >= 0.3 is 11.9 Å². The number of carbonyl (C=O) groups is 2. The second kappa shape index (κ2) is 10.4. The Morgan fingerprint density at radius 3 is 2.71 bits per heavy atom. The van der Waals surface area contributed by atoms with E-state index in [9.17, 15) is 9.59 Å². The van der Waals surface area contributed by atoms with Crippen LogP contribution in [0.3, 0.4) is 0 Å². The van der Waals surface area contributed by atoms with Gasteiger partial charge < -0.3 is 32.7 Å². The quantitative estimate of drug-likeness (QED) is 0.336. The van der Waals surface area contributed by atoms with E-state index in [-0.39, 0.29) is 34.6 Å². The smallest absolute Gasteiger partial charge is 0.315 e. The van der Waals surface area contributed by atoms with Crippen LogP contribution >= 0.6 is 11.6 Å². The van der Waals surface area contributed by atoms with Crippen LogP contribution in [0.4, 0.5) is 16.4 Å². The maximum Gasteiger partial charge on any atom is 0.315 e. The maximum atomic E-state index is 12.3. The van der Waals surface area contributed by atoms with Gasteiger partial charge in [0.1, 0.15) is 0 Å². The zero-order chi connectivity index (χ0) is 22.2. The molecule has 2 aromatic rings. The molecule has 3 amide bonds. The van der Waals surface area contributed by atoms with Crippen LogP contribution in [0.5, 0.6) is 0 Å². The van der Waals surface area contributed by atoms with Gasteiger partial charge in [0, 0.05) is 25.7 Å². The van der Waals surface area contributed by atoms with Gasteiger partial charge in [-0.3, -0.25) is 4.79 Å². The molecule has 1 atom stereocenters. The first kappa shape index (κ1) is 22.1. The highest BCUT2D eigenvalue weighted by Crippen LogP contribution is 2.18. The van der Waals surface area contributed by atoms with Crippen molar-refractivity contribution in [3.8, 4) is 0 Å². The first-order valence-corrected chi connectivity index (χ1v) is 10.1. The molecule has 1 aromatic carbocycles. The third-order valence-electron chi connectivity index (χ3n) is 4.49. The molecular formula is C19H24ClN9O2. The molecule has 8 N–H and O–H groups in total. The van der Waals surface area contributed by atoms with Crippen LogP contribution in [0.15, 0.2) is 35.3 Å². The van der Waals surface area contributed by atoms with Crippen molar-refractivity contribution in [1.29, 1.82) is 0 Å². The molecule has 1 aromatic heterocycles. The van der Waals surface area contributed by atoms with E-state index in [2.05, 4.69) is 36.2 Å². The van der Waals surface area contributed by atoms with Crippen molar-refractivity contribution in [3.05, 3.63) is 46.7 Å². The van der Waals surface area contributed by atoms with Crippen molar-refractivity contribution in [2.24, 2.45) is 4.99 Å². The summed E-state index contributed by atoms with van der Waals surface area (Å²) >= 11 is 5.79. The second-order valence-electron chi connectivity index (χ2n) is 6.86. The summed E-state index contributed by atoms with van der Waals surface area (Å²) in [5.74, 6) is -0.553. The van der Waals surface area contributed by atoms with Gasteiger partial charge in [-0.25, -0.2) is 14.8 Å². The van der Waals surface area contributed by atoms with Gasteiger partial charge in [0.15, 0.2) is 28.4 Å². The van der Waals surface area contributed by atoms with E-state index in [1.54, 1.807) is 0 Å². The number of nitrogens with one attached hydrogen (secondary N) is 4. The number of hydrogen-bond donors (Lipinski definition) is 6. The van der Waals surface area contributed by atoms with Crippen LogP contribution in [0.25, 0.3) is 0 Å². The van der Waals surface area contributed by atoms with Crippen LogP contribution in [0.2, 0.25) is 5.15 Å². The standard InChI is InChI=1S/C19H24ClN9O2/c20-14-16(22)28-15(21)13(27-14)17(30)29-18-24-10-12(26-18)7-4-8-23-19(31)25-9-11-5-2-1-3-6-11/h1-3,5-6,12H,4,7-10H2,(H4,21,22,28)(H2,23,25,31)(H2,24,26,29,30)/t12-/m1/s1. The molecule has 0 unspecified atom stereocenters. The highest BCUT2D eigenvalue weighted by atomic mass is 35.5. The van der Waals surface area contributed by atoms with Crippen LogP contribution in [0, 0.1) is 0 Å². The number of aliphatic imine (C=N–C) groups is 1. The molecule has 1 fully saturated rings. The van der Waals surface area contributed by atoms with E-state index in [0.717, 1.165) is 18.4 Å². The van der Waals surface area contributed by atoms with Gasteiger partial charge in [0.05, 0.1) is 0 Å². The molecule has 1 saturated heterocycles. The first-order valence-electron chi connectivity index (χ1n) is 9.70. The Balaban J connectivity index is 1.38. The summed E-state index contributed by atoms with van der Waals surface area (Å²) in [7, 11) is 0. The molecule has 1 aliphatic rings. The summed E-state index contributed by atoms with van der Waals surface area (Å²) in [6.07, 6.45) is 1.53. The normalized spacial score (nSPS) is 16.4. The topological polar surface area (TPSA) is 172 Å². The number of aromatic nitrogens is 2. The lowest BCUT2D eigenvalue weighted by atomic mass is 10.2. The molecule has 1 aliphatic heterocycles. The number of benzene rings is 1. The summed E-state index contributed by atoms with van der Waals surface area (Å²) < 4.78 is 0. The van der Waals surface area contributed by atoms with Crippen molar-refractivity contribution in [3.63, 3.8) is 0 Å². The Labute approximate surface area is 184 Å². The highest BCUT2D eigenvalue weighted by Gasteiger charge is 2.21. The number of rotatable bonds is 7. The first-order chi connectivity index (χ1) is 14.9. The summed E-state index contributed by atoms with van der Waals surface area (Å²) in [5, 5.41) is 11.7. The largest absolute Gasteiger partial charge is 0.382 e. The molecule has 0 aliphatic carbocycles. The Hall–Kier alpha value is -3.60. The fraction of sp³-hybridized carbons (Fsp3) is 0.316. The maximum absolute atomic E-state index is 12.3. The highest BCUT2D eigenvalue weighted by molar-refractivity contribution is 6.31. The number of nitrogens with zero attached hydrogens (tertiary/aromatic N) is 3. The molecule has 0 radical (unpaired) electrons. The minimum Gasteiger partial charge on any atom is -0.382 e. The van der Waals surface area contributed by atoms with Crippen LogP contribution in [0.1, 0.15) is 28.9 Å². The summed E-state index contributed by atoms with van der Waals surface area (Å²) in [4.78, 5) is 35.7. The van der Waals surface area contributed by atoms with E-state index in [0.29, 0.717) is 25.6 Å². The zero-order valence-corrected chi connectivity index (χ0v) is 17.4. The number of urea groups is 1. The number of anilines is 2. The number of halogens is 1. The Morgan fingerprint density at radius 2 is 1.94 bits per heavy atom. The molecule has 3 rings (SSSR count). The number of nitrogens with two attached hydrogens (primary N) is 2. The average Bonchev–Trinajstić information content (AvgIpc) is 3.20. The number of guanidine groups is 1. The molecule has 164 valence electrons. The lowest BCUT2D eigenvalue weighted by Crippen LogP contribution is -2.36. The Kier molecular flexibility index (Phi) is 7.44. The van der Waals surface area contributed by atoms with Gasteiger partial charge in [-0.05, 0) is 18.4 Å². The number of carbonyl (C=O) groups excluding carboxylic acids is 2. The van der Waals surface area contributed by atoms with Crippen molar-refractivity contribution in [2.75, 3.05) is 24.6 Å². The lowest BCUT2D eigenvalue weighted by Gasteiger charge is -2.10. The molecule has 2 heterocycles. The molecule has 11 nitrogen and oxygen atoms in total. The number of hydrogen-bond acceptors (Lipinski definition) is 6. The van der Waals surface area contributed by atoms with Crippen molar-refractivity contribution in [2.45, 2.75) is 25.4 Å². The van der Waals surface area contributed by atoms with Gasteiger partial charge in [0.2, 0.25) is 0 Å². The second-order valence-corrected chi connectivity index (χ2v) is 7.22. The Bertz CT molecular complexity index is 968. The fourth-order valence-corrected chi connectivity index (χ4v) is 3.03. The summed E-state index contributed by atoms with van der Waals surface area (Å²) in [6.45, 7) is 1.60. The summed E-state index contributed by atoms with van der Waals surface area (Å²) in [5.41, 5.74) is 12.0. The van der Waals surface area contributed by atoms with Crippen molar-refractivity contribution < 1.29 is 9.59 Å². The lowest BCUT2D eigenvalue weighted by molar-refractivity contribution is 0.0998. The predicted octanol–water partition coefficient (Wildman–Crippen LogP) is 0.632. The monoisotopic (exact) mass is 445 g/mol. The third-order valence-corrected chi connectivity index (χ3v) is 4.77. The van der Waals surface area contributed by atoms with Gasteiger partial charge in [-0.2, -0.15) is 4.99 Å². The molecule has 0 saturated carbocycles. The van der Waals surface area contributed by atoms with Crippen molar-refractivity contribution in [1.82, 2.24) is 31.2 Å². The van der Waals surface area contributed by atoms with Gasteiger partial charge in [-0.1, -0.05) is 41.9 Å². The summed E-state index contributed by atoms with van der Waals surface area (Å²) in [6, 6.07) is 9.54. The van der Waals surface area contributed by atoms with E-state index < -0.39 is 5.91 Å². The van der Waals surface area contributed by atoms with Crippen LogP contribution in [-0.2, 0) is 6.54 Å². The molecule has 0 spiro atoms. The third kappa shape index (κ3) is 6.44.